The molecule has 0 aromatic heterocycles. The average Bonchev–Trinajstić information content (AvgIpc) is 2.63. The van der Waals surface area contributed by atoms with Gasteiger partial charge in [0.1, 0.15) is 5.60 Å². The van der Waals surface area contributed by atoms with Crippen LogP contribution in [0.1, 0.15) is 45.6 Å². The molecule has 1 aromatic rings. The largest absolute Gasteiger partial charge is 0.481 e. The average molecular weight is 412 g/mol. The lowest BCUT2D eigenvalue weighted by Crippen LogP contribution is -2.35. The number of rotatable bonds is 12. The number of nitrogens with one attached hydrogen (secondary N) is 1. The molecule has 2 N–H and O–H groups in total. The van der Waals surface area contributed by atoms with Crippen molar-refractivity contribution in [2.75, 3.05) is 19.8 Å². The third-order valence-corrected chi connectivity index (χ3v) is 4.91. The second-order valence-electron chi connectivity index (χ2n) is 6.80. The zero-order valence-corrected chi connectivity index (χ0v) is 17.5. The van der Waals surface area contributed by atoms with E-state index in [4.69, 9.17) is 14.6 Å². The van der Waals surface area contributed by atoms with Crippen LogP contribution in [-0.4, -0.2) is 47.6 Å². The number of thioether (sulfide) groups is 1. The molecule has 8 heteroatoms. The number of carboxylic acids is 1. The number of benzene rings is 1. The first-order chi connectivity index (χ1) is 13.2. The van der Waals surface area contributed by atoms with Gasteiger partial charge in [-0.1, -0.05) is 30.8 Å². The quantitative estimate of drug-likeness (QED) is 0.400. The predicted octanol–water partition coefficient (Wildman–Crippen LogP) is 3.64. The monoisotopic (exact) mass is 411 g/mol. The van der Waals surface area contributed by atoms with E-state index >= 15 is 0 Å². The molecule has 1 amide bonds. The number of carbonyl (C=O) groups is 3. The van der Waals surface area contributed by atoms with Crippen LogP contribution in [0.4, 0.5) is 4.79 Å². The van der Waals surface area contributed by atoms with Gasteiger partial charge in [0.25, 0.3) is 0 Å². The van der Waals surface area contributed by atoms with Crippen LogP contribution < -0.4 is 5.32 Å². The van der Waals surface area contributed by atoms with Crippen molar-refractivity contribution in [3.05, 3.63) is 29.8 Å². The standard InChI is InChI=1S/C20H29NO6S/c1-4-20(2,3)27-19(25)21-12-14-26-13-11-18(24)28-16-8-5-15(6-9-16)7-10-17(22)23/h5-6,8-9H,4,7,10-14H2,1-3H3,(H,21,25)(H,22,23). The lowest BCUT2D eigenvalue weighted by atomic mass is 10.1. The lowest BCUT2D eigenvalue weighted by Gasteiger charge is -2.23. The van der Waals surface area contributed by atoms with Crippen LogP contribution in [0, 0.1) is 0 Å². The highest BCUT2D eigenvalue weighted by atomic mass is 32.2. The van der Waals surface area contributed by atoms with Gasteiger partial charge in [-0.25, -0.2) is 4.79 Å². The molecule has 0 radical (unpaired) electrons. The van der Waals surface area contributed by atoms with E-state index in [9.17, 15) is 14.4 Å². The summed E-state index contributed by atoms with van der Waals surface area (Å²) in [6.07, 6.45) is 1.07. The molecular weight excluding hydrogens is 382 g/mol. The Kier molecular flexibility index (Phi) is 10.6. The molecule has 0 saturated heterocycles. The van der Waals surface area contributed by atoms with Crippen molar-refractivity contribution in [1.29, 1.82) is 0 Å². The number of alkyl carbamates (subject to hydrolysis) is 1. The Balaban J connectivity index is 2.15. The van der Waals surface area contributed by atoms with Crippen molar-refractivity contribution < 1.29 is 29.0 Å². The molecule has 0 heterocycles. The van der Waals surface area contributed by atoms with E-state index in [0.29, 0.717) is 19.6 Å². The Morgan fingerprint density at radius 3 is 2.39 bits per heavy atom. The van der Waals surface area contributed by atoms with Gasteiger partial charge in [0.2, 0.25) is 0 Å². The number of ether oxygens (including phenoxy) is 2. The number of carbonyl (C=O) groups excluding carboxylic acids is 2. The fourth-order valence-corrected chi connectivity index (χ4v) is 2.72. The Morgan fingerprint density at radius 1 is 1.11 bits per heavy atom. The first-order valence-corrected chi connectivity index (χ1v) is 10.1. The van der Waals surface area contributed by atoms with Crippen molar-refractivity contribution >= 4 is 28.9 Å². The van der Waals surface area contributed by atoms with Gasteiger partial charge in [-0.3, -0.25) is 9.59 Å². The lowest BCUT2D eigenvalue weighted by molar-refractivity contribution is -0.137. The summed E-state index contributed by atoms with van der Waals surface area (Å²) in [5.74, 6) is -0.828. The van der Waals surface area contributed by atoms with Crippen LogP contribution in [0.3, 0.4) is 0 Å². The molecule has 0 spiro atoms. The normalized spacial score (nSPS) is 11.1. The van der Waals surface area contributed by atoms with E-state index in [1.165, 1.54) is 0 Å². The van der Waals surface area contributed by atoms with Gasteiger partial charge in [0.05, 0.1) is 13.2 Å². The molecular formula is C20H29NO6S. The Bertz CT molecular complexity index is 645. The van der Waals surface area contributed by atoms with Crippen molar-refractivity contribution in [2.45, 2.75) is 57.0 Å². The highest BCUT2D eigenvalue weighted by Crippen LogP contribution is 2.21. The maximum Gasteiger partial charge on any atom is 0.407 e. The molecule has 28 heavy (non-hydrogen) atoms. The minimum absolute atomic E-state index is 0.0182. The first-order valence-electron chi connectivity index (χ1n) is 9.28. The minimum atomic E-state index is -0.828. The number of hydrogen-bond donors (Lipinski definition) is 2. The SMILES string of the molecule is CCC(C)(C)OC(=O)NCCOCCC(=O)Sc1ccc(CCC(=O)O)cc1. The van der Waals surface area contributed by atoms with Gasteiger partial charge in [-0.05, 0) is 44.4 Å². The maximum absolute atomic E-state index is 12.0. The third-order valence-electron chi connectivity index (χ3n) is 3.97. The van der Waals surface area contributed by atoms with Gasteiger partial charge in [0, 0.05) is 24.3 Å². The van der Waals surface area contributed by atoms with Crippen LogP contribution in [0.2, 0.25) is 0 Å². The van der Waals surface area contributed by atoms with Crippen LogP contribution in [0.5, 0.6) is 0 Å². The first kappa shape index (κ1) is 24.0. The summed E-state index contributed by atoms with van der Waals surface area (Å²) in [6.45, 7) is 6.53. The second kappa shape index (κ2) is 12.4. The Morgan fingerprint density at radius 2 is 1.79 bits per heavy atom. The summed E-state index contributed by atoms with van der Waals surface area (Å²) in [6, 6.07) is 7.29. The van der Waals surface area contributed by atoms with E-state index in [0.717, 1.165) is 28.6 Å². The highest BCUT2D eigenvalue weighted by Gasteiger charge is 2.19. The molecule has 156 valence electrons. The summed E-state index contributed by atoms with van der Waals surface area (Å²) in [4.78, 5) is 34.9. The third kappa shape index (κ3) is 10.9. The van der Waals surface area contributed by atoms with Crippen molar-refractivity contribution in [2.24, 2.45) is 0 Å². The summed E-state index contributed by atoms with van der Waals surface area (Å²) in [7, 11) is 0. The predicted molar refractivity (Wildman–Crippen MR) is 108 cm³/mol. The summed E-state index contributed by atoms with van der Waals surface area (Å²) < 4.78 is 10.6. The van der Waals surface area contributed by atoms with Gasteiger partial charge in [-0.2, -0.15) is 0 Å². The van der Waals surface area contributed by atoms with Crippen LogP contribution in [0.15, 0.2) is 29.2 Å². The number of amides is 1. The highest BCUT2D eigenvalue weighted by molar-refractivity contribution is 8.13. The fraction of sp³-hybridized carbons (Fsp3) is 0.550. The Labute approximate surface area is 170 Å². The summed E-state index contributed by atoms with van der Waals surface area (Å²) in [5.41, 5.74) is 0.430. The van der Waals surface area contributed by atoms with Crippen molar-refractivity contribution in [3.8, 4) is 0 Å². The molecule has 0 saturated carbocycles. The van der Waals surface area contributed by atoms with Gasteiger partial charge < -0.3 is 19.9 Å². The maximum atomic E-state index is 12.0. The van der Waals surface area contributed by atoms with Crippen LogP contribution in [-0.2, 0) is 25.5 Å². The molecule has 0 unspecified atom stereocenters. The van der Waals surface area contributed by atoms with E-state index < -0.39 is 17.7 Å². The molecule has 0 aliphatic carbocycles. The second-order valence-corrected chi connectivity index (χ2v) is 7.93. The van der Waals surface area contributed by atoms with Gasteiger partial charge in [0.15, 0.2) is 5.12 Å². The van der Waals surface area contributed by atoms with Gasteiger partial charge >= 0.3 is 12.1 Å². The molecule has 0 atom stereocenters. The van der Waals surface area contributed by atoms with E-state index in [1.54, 1.807) is 0 Å². The zero-order chi connectivity index (χ0) is 21.0. The van der Waals surface area contributed by atoms with Crippen LogP contribution in [0.25, 0.3) is 0 Å². The molecule has 7 nitrogen and oxygen atoms in total. The fourth-order valence-electron chi connectivity index (χ4n) is 2.00. The molecule has 0 fully saturated rings. The topological polar surface area (TPSA) is 102 Å². The van der Waals surface area contributed by atoms with E-state index in [1.807, 2.05) is 45.0 Å². The zero-order valence-electron chi connectivity index (χ0n) is 16.7. The summed E-state index contributed by atoms with van der Waals surface area (Å²) in [5, 5.41) is 11.3. The number of hydrogen-bond acceptors (Lipinski definition) is 6. The summed E-state index contributed by atoms with van der Waals surface area (Å²) >= 11 is 1.13. The molecule has 1 aromatic carbocycles. The van der Waals surface area contributed by atoms with E-state index in [-0.39, 0.29) is 24.6 Å². The number of carboxylic acid groups (broad SMARTS) is 1. The van der Waals surface area contributed by atoms with Crippen LogP contribution >= 0.6 is 11.8 Å². The molecule has 0 bridgehead atoms. The smallest absolute Gasteiger partial charge is 0.407 e. The minimum Gasteiger partial charge on any atom is -0.481 e. The molecule has 1 rings (SSSR count). The molecule has 0 aliphatic heterocycles. The number of aryl methyl sites for hydroxylation is 1. The molecule has 0 aliphatic rings. The van der Waals surface area contributed by atoms with Crippen molar-refractivity contribution in [3.63, 3.8) is 0 Å². The Hall–Kier alpha value is -2.06. The van der Waals surface area contributed by atoms with E-state index in [2.05, 4.69) is 5.32 Å². The van der Waals surface area contributed by atoms with Gasteiger partial charge in [-0.15, -0.1) is 0 Å². The number of aliphatic carboxylic acids is 1. The van der Waals surface area contributed by atoms with Crippen molar-refractivity contribution in [1.82, 2.24) is 5.32 Å².